The van der Waals surface area contributed by atoms with E-state index in [0.29, 0.717) is 22.1 Å². The first kappa shape index (κ1) is 24.6. The molecule has 0 aromatic heterocycles. The minimum atomic E-state index is -3.85. The van der Waals surface area contributed by atoms with Crippen LogP contribution in [0.4, 0.5) is 5.69 Å². The van der Waals surface area contributed by atoms with Crippen molar-refractivity contribution in [1.29, 1.82) is 0 Å². The fourth-order valence-electron chi connectivity index (χ4n) is 3.21. The highest BCUT2D eigenvalue weighted by atomic mass is 35.5. The van der Waals surface area contributed by atoms with E-state index in [-0.39, 0.29) is 11.4 Å². The van der Waals surface area contributed by atoms with E-state index in [4.69, 9.17) is 25.8 Å². The van der Waals surface area contributed by atoms with Gasteiger partial charge in [0.25, 0.3) is 0 Å². The number of carbonyl (C=O) groups excluding carboxylic acids is 1. The molecular weight excluding hydrogens is 444 g/mol. The van der Waals surface area contributed by atoms with Gasteiger partial charge in [0.1, 0.15) is 23.3 Å². The van der Waals surface area contributed by atoms with Crippen LogP contribution in [-0.2, 0) is 14.8 Å². The third-order valence-corrected chi connectivity index (χ3v) is 6.19. The number of hydrogen-bond acceptors (Lipinski definition) is 6. The van der Waals surface area contributed by atoms with Gasteiger partial charge in [-0.15, -0.1) is 0 Å². The molecular formula is C21H27ClN2O6S. The van der Waals surface area contributed by atoms with Crippen molar-refractivity contribution < 1.29 is 27.4 Å². The second kappa shape index (κ2) is 10.1. The van der Waals surface area contributed by atoms with Crippen molar-refractivity contribution in [2.45, 2.75) is 25.9 Å². The normalized spacial score (nSPS) is 13.1. The van der Waals surface area contributed by atoms with Crippen molar-refractivity contribution in [3.05, 3.63) is 47.0 Å². The Morgan fingerprint density at radius 1 is 1.00 bits per heavy atom. The Hall–Kier alpha value is -2.65. The number of rotatable bonds is 9. The minimum absolute atomic E-state index is 0.173. The molecule has 0 bridgehead atoms. The van der Waals surface area contributed by atoms with Crippen LogP contribution >= 0.6 is 11.6 Å². The van der Waals surface area contributed by atoms with Crippen molar-refractivity contribution in [3.63, 3.8) is 0 Å². The molecule has 31 heavy (non-hydrogen) atoms. The third-order valence-electron chi connectivity index (χ3n) is 4.73. The largest absolute Gasteiger partial charge is 0.497 e. The van der Waals surface area contributed by atoms with Crippen LogP contribution in [0.2, 0.25) is 5.02 Å². The number of nitrogens with zero attached hydrogens (tertiary/aromatic N) is 1. The van der Waals surface area contributed by atoms with Gasteiger partial charge < -0.3 is 19.5 Å². The lowest BCUT2D eigenvalue weighted by Crippen LogP contribution is -2.48. The number of nitrogens with one attached hydrogen (secondary N) is 1. The van der Waals surface area contributed by atoms with E-state index in [1.807, 2.05) is 0 Å². The maximum Gasteiger partial charge on any atom is 0.244 e. The molecule has 10 heteroatoms. The zero-order valence-corrected chi connectivity index (χ0v) is 19.9. The van der Waals surface area contributed by atoms with E-state index >= 15 is 0 Å². The number of amides is 1. The standard InChI is InChI=1S/C21H27ClN2O6S/c1-13(17-12-16(28-3)8-10-19(17)29-4)23-21(25)14(2)24(31(6,26)27)18-11-15(22)7-9-20(18)30-5/h7-14H,1-6H3,(H,23,25). The number of sulfonamides is 1. The lowest BCUT2D eigenvalue weighted by atomic mass is 10.1. The highest BCUT2D eigenvalue weighted by Gasteiger charge is 2.32. The van der Waals surface area contributed by atoms with Crippen LogP contribution in [0.1, 0.15) is 25.5 Å². The van der Waals surface area contributed by atoms with Crippen molar-refractivity contribution in [2.24, 2.45) is 0 Å². The first-order valence-electron chi connectivity index (χ1n) is 9.38. The molecule has 2 aromatic carbocycles. The smallest absolute Gasteiger partial charge is 0.244 e. The summed E-state index contributed by atoms with van der Waals surface area (Å²) in [4.78, 5) is 13.1. The van der Waals surface area contributed by atoms with Crippen LogP contribution in [0, 0.1) is 0 Å². The Morgan fingerprint density at radius 2 is 1.61 bits per heavy atom. The van der Waals surface area contributed by atoms with Crippen LogP contribution < -0.4 is 23.8 Å². The molecule has 0 heterocycles. The number of halogens is 1. The maximum absolute atomic E-state index is 13.1. The van der Waals surface area contributed by atoms with E-state index in [2.05, 4.69) is 5.32 Å². The number of anilines is 1. The first-order chi connectivity index (χ1) is 14.5. The zero-order chi connectivity index (χ0) is 23.3. The molecule has 2 unspecified atom stereocenters. The van der Waals surface area contributed by atoms with Gasteiger partial charge >= 0.3 is 0 Å². The maximum atomic E-state index is 13.1. The molecule has 1 amide bonds. The number of benzene rings is 2. The molecule has 0 saturated heterocycles. The second-order valence-corrected chi connectivity index (χ2v) is 9.18. The van der Waals surface area contributed by atoms with E-state index in [9.17, 15) is 13.2 Å². The summed E-state index contributed by atoms with van der Waals surface area (Å²) >= 11 is 6.08. The molecule has 0 aliphatic heterocycles. The van der Waals surface area contributed by atoms with E-state index in [1.54, 1.807) is 44.4 Å². The summed E-state index contributed by atoms with van der Waals surface area (Å²) < 4.78 is 42.1. The van der Waals surface area contributed by atoms with Gasteiger partial charge in [-0.25, -0.2) is 8.42 Å². The summed E-state index contributed by atoms with van der Waals surface area (Å²) in [5.41, 5.74) is 0.861. The molecule has 0 saturated carbocycles. The summed E-state index contributed by atoms with van der Waals surface area (Å²) in [5, 5.41) is 3.15. The van der Waals surface area contributed by atoms with Crippen LogP contribution in [-0.4, -0.2) is 48.0 Å². The average molecular weight is 471 g/mol. The SMILES string of the molecule is COc1ccc(OC)c(C(C)NC(=O)C(C)N(c2cc(Cl)ccc2OC)S(C)(=O)=O)c1. The number of ether oxygens (including phenoxy) is 3. The predicted octanol–water partition coefficient (Wildman–Crippen LogP) is 3.40. The molecule has 0 aliphatic rings. The highest BCUT2D eigenvalue weighted by Crippen LogP contribution is 2.35. The Kier molecular flexibility index (Phi) is 8.02. The van der Waals surface area contributed by atoms with E-state index in [1.165, 1.54) is 27.2 Å². The van der Waals surface area contributed by atoms with Crippen LogP contribution in [0.3, 0.4) is 0 Å². The van der Waals surface area contributed by atoms with Gasteiger partial charge in [-0.3, -0.25) is 9.10 Å². The summed E-state index contributed by atoms with van der Waals surface area (Å²) in [6.45, 7) is 3.26. The molecule has 0 spiro atoms. The summed E-state index contributed by atoms with van der Waals surface area (Å²) in [7, 11) is 0.633. The van der Waals surface area contributed by atoms with Gasteiger partial charge in [0.05, 0.1) is 39.3 Å². The number of carbonyl (C=O) groups is 1. The van der Waals surface area contributed by atoms with Crippen molar-refractivity contribution in [3.8, 4) is 17.2 Å². The Bertz CT molecular complexity index is 1040. The molecule has 2 aromatic rings. The average Bonchev–Trinajstić information content (AvgIpc) is 2.72. The number of methoxy groups -OCH3 is 3. The molecule has 2 rings (SSSR count). The molecule has 0 radical (unpaired) electrons. The third kappa shape index (κ3) is 5.74. The Morgan fingerprint density at radius 3 is 2.16 bits per heavy atom. The Labute approximate surface area is 188 Å². The van der Waals surface area contributed by atoms with E-state index < -0.39 is 28.0 Å². The fraction of sp³-hybridized carbons (Fsp3) is 0.381. The highest BCUT2D eigenvalue weighted by molar-refractivity contribution is 7.92. The van der Waals surface area contributed by atoms with E-state index in [0.717, 1.165) is 10.6 Å². The molecule has 0 aliphatic carbocycles. The Balaban J connectivity index is 2.38. The summed E-state index contributed by atoms with van der Waals surface area (Å²) in [6.07, 6.45) is 1.02. The molecule has 8 nitrogen and oxygen atoms in total. The van der Waals surface area contributed by atoms with Gasteiger partial charge in [0.15, 0.2) is 0 Å². The zero-order valence-electron chi connectivity index (χ0n) is 18.3. The first-order valence-corrected chi connectivity index (χ1v) is 11.6. The fourth-order valence-corrected chi connectivity index (χ4v) is 4.54. The van der Waals surface area contributed by atoms with Gasteiger partial charge in [-0.2, -0.15) is 0 Å². The van der Waals surface area contributed by atoms with Crippen molar-refractivity contribution in [1.82, 2.24) is 5.32 Å². The van der Waals surface area contributed by atoms with Gasteiger partial charge in [0, 0.05) is 10.6 Å². The van der Waals surface area contributed by atoms with Crippen molar-refractivity contribution >= 4 is 33.2 Å². The molecule has 1 N–H and O–H groups in total. The van der Waals surface area contributed by atoms with Gasteiger partial charge in [-0.05, 0) is 50.2 Å². The quantitative estimate of drug-likeness (QED) is 0.603. The van der Waals surface area contributed by atoms with Gasteiger partial charge in [-0.1, -0.05) is 11.6 Å². The van der Waals surface area contributed by atoms with Gasteiger partial charge in [0.2, 0.25) is 15.9 Å². The van der Waals surface area contributed by atoms with Crippen LogP contribution in [0.5, 0.6) is 17.2 Å². The lowest BCUT2D eigenvalue weighted by Gasteiger charge is -2.30. The number of hydrogen-bond donors (Lipinski definition) is 1. The molecule has 170 valence electrons. The van der Waals surface area contributed by atoms with Crippen LogP contribution in [0.15, 0.2) is 36.4 Å². The second-order valence-electron chi connectivity index (χ2n) is 6.89. The summed E-state index contributed by atoms with van der Waals surface area (Å²) in [6, 6.07) is 8.24. The lowest BCUT2D eigenvalue weighted by molar-refractivity contribution is -0.122. The molecule has 0 fully saturated rings. The topological polar surface area (TPSA) is 94.2 Å². The van der Waals surface area contributed by atoms with Crippen LogP contribution in [0.25, 0.3) is 0 Å². The summed E-state index contributed by atoms with van der Waals surface area (Å²) in [5.74, 6) is 0.936. The van der Waals surface area contributed by atoms with Crippen molar-refractivity contribution in [2.75, 3.05) is 31.9 Å². The molecule has 2 atom stereocenters. The predicted molar refractivity (Wildman–Crippen MR) is 121 cm³/mol. The monoisotopic (exact) mass is 470 g/mol. The minimum Gasteiger partial charge on any atom is -0.497 e.